The van der Waals surface area contributed by atoms with Gasteiger partial charge < -0.3 is 12.4 Å². The first-order valence-electron chi connectivity index (χ1n) is 3.15. The van der Waals surface area contributed by atoms with Gasteiger partial charge in [0.05, 0.1) is 9.93 Å². The van der Waals surface area contributed by atoms with Crippen LogP contribution in [0.15, 0.2) is 0 Å². The lowest BCUT2D eigenvalue weighted by molar-refractivity contribution is -0.00000323. The van der Waals surface area contributed by atoms with Crippen LogP contribution >= 0.6 is 0 Å². The van der Waals surface area contributed by atoms with E-state index < -0.39 is 9.93 Å². The summed E-state index contributed by atoms with van der Waals surface area (Å²) in [6.07, 6.45) is 0. The minimum absolute atomic E-state index is 0. The zero-order valence-electron chi connectivity index (χ0n) is 6.32. The normalized spacial score (nSPS) is 10.6. The van der Waals surface area contributed by atoms with Gasteiger partial charge in [-0.25, -0.2) is 0 Å². The van der Waals surface area contributed by atoms with Gasteiger partial charge in [0.1, 0.15) is 17.3 Å². The lowest BCUT2D eigenvalue weighted by atomic mass is 10.9. The molecule has 0 spiro atoms. The summed E-state index contributed by atoms with van der Waals surface area (Å²) in [6, 6.07) is 0. The van der Waals surface area contributed by atoms with E-state index in [4.69, 9.17) is 0 Å². The Balaban J connectivity index is 0. The molecule has 0 aliphatic heterocycles. The van der Waals surface area contributed by atoms with Crippen molar-refractivity contribution in [1.82, 2.24) is 0 Å². The molecule has 0 radical (unpaired) electrons. The van der Waals surface area contributed by atoms with Gasteiger partial charge in [-0.2, -0.15) is 0 Å². The van der Waals surface area contributed by atoms with Crippen LogP contribution < -0.4 is 12.4 Å². The van der Waals surface area contributed by atoms with E-state index in [0.717, 1.165) is 17.3 Å². The molecule has 58 valence electrons. The third kappa shape index (κ3) is 3.93. The highest BCUT2D eigenvalue weighted by molar-refractivity contribution is 8.02. The highest BCUT2D eigenvalue weighted by Crippen LogP contribution is 2.02. The van der Waals surface area contributed by atoms with Crippen molar-refractivity contribution in [2.45, 2.75) is 20.8 Å². The number of hydrogen-bond donors (Lipinski definition) is 0. The van der Waals surface area contributed by atoms with Crippen LogP contribution in [0.4, 0.5) is 0 Å². The monoisotopic (exact) mass is 170 g/mol. The maximum Gasteiger partial charge on any atom is 0.109 e. The predicted octanol–water partition coefficient (Wildman–Crippen LogP) is -1.45. The SMILES string of the molecule is CC[S+](=O)(CC)CC.[Cl-]. The summed E-state index contributed by atoms with van der Waals surface area (Å²) in [6.45, 7) is 5.99. The summed E-state index contributed by atoms with van der Waals surface area (Å²) in [4.78, 5) is 0. The van der Waals surface area contributed by atoms with Gasteiger partial charge in [0.15, 0.2) is 0 Å². The Kier molecular flexibility index (Phi) is 7.08. The molecule has 0 saturated carbocycles. The Morgan fingerprint density at radius 3 is 1.22 bits per heavy atom. The average Bonchev–Trinajstić information content (AvgIpc) is 1.87. The molecule has 0 aromatic rings. The molecule has 0 aromatic heterocycles. The molecule has 0 atom stereocenters. The molecule has 0 heterocycles. The largest absolute Gasteiger partial charge is 1.00 e. The van der Waals surface area contributed by atoms with Gasteiger partial charge in [0.2, 0.25) is 0 Å². The predicted molar refractivity (Wildman–Crippen MR) is 39.7 cm³/mol. The summed E-state index contributed by atoms with van der Waals surface area (Å²) in [5.74, 6) is 2.54. The smallest absolute Gasteiger partial charge is 0.109 e. The van der Waals surface area contributed by atoms with Crippen LogP contribution in [0.5, 0.6) is 0 Å². The highest BCUT2D eigenvalue weighted by Gasteiger charge is 2.17. The van der Waals surface area contributed by atoms with Crippen molar-refractivity contribution in [2.24, 2.45) is 0 Å². The molecular weight excluding hydrogens is 156 g/mol. The standard InChI is InChI=1S/C6H15OS.ClH/c1-4-8(7,5-2)6-3;/h4-6H2,1-3H3;1H/q+1;/p-1. The highest BCUT2D eigenvalue weighted by atomic mass is 35.5. The summed E-state index contributed by atoms with van der Waals surface area (Å²) in [5, 5.41) is 0. The molecule has 3 heteroatoms. The molecule has 0 N–H and O–H groups in total. The van der Waals surface area contributed by atoms with Gasteiger partial charge in [0, 0.05) is 0 Å². The number of hydrogen-bond acceptors (Lipinski definition) is 1. The third-order valence-corrected chi connectivity index (χ3v) is 4.73. The summed E-state index contributed by atoms with van der Waals surface area (Å²) >= 11 is 0. The molecule has 0 unspecified atom stereocenters. The summed E-state index contributed by atoms with van der Waals surface area (Å²) in [5.41, 5.74) is 0. The molecule has 9 heavy (non-hydrogen) atoms. The van der Waals surface area contributed by atoms with Gasteiger partial charge in [-0.3, -0.25) is 0 Å². The van der Waals surface area contributed by atoms with E-state index in [-0.39, 0.29) is 12.4 Å². The first-order valence-corrected chi connectivity index (χ1v) is 5.22. The molecule has 0 aliphatic rings. The van der Waals surface area contributed by atoms with Crippen LogP contribution in [0.1, 0.15) is 20.8 Å². The fourth-order valence-electron chi connectivity index (χ4n) is 0.612. The van der Waals surface area contributed by atoms with Crippen LogP contribution in [0.25, 0.3) is 0 Å². The van der Waals surface area contributed by atoms with Crippen molar-refractivity contribution < 1.29 is 16.6 Å². The Morgan fingerprint density at radius 2 is 1.22 bits per heavy atom. The van der Waals surface area contributed by atoms with Crippen molar-refractivity contribution in [1.29, 1.82) is 0 Å². The fourth-order valence-corrected chi connectivity index (χ4v) is 1.84. The van der Waals surface area contributed by atoms with Crippen molar-refractivity contribution in [2.75, 3.05) is 17.3 Å². The van der Waals surface area contributed by atoms with Crippen LogP contribution in [-0.4, -0.2) is 17.3 Å². The van der Waals surface area contributed by atoms with E-state index in [9.17, 15) is 4.21 Å². The van der Waals surface area contributed by atoms with Crippen LogP contribution in [0, 0.1) is 0 Å². The molecule has 0 rings (SSSR count). The fraction of sp³-hybridized carbons (Fsp3) is 1.00. The van der Waals surface area contributed by atoms with Gasteiger partial charge in [-0.05, 0) is 20.8 Å². The number of halogens is 1. The van der Waals surface area contributed by atoms with Crippen molar-refractivity contribution in [3.8, 4) is 0 Å². The maximum absolute atomic E-state index is 11.3. The third-order valence-electron chi connectivity index (χ3n) is 1.58. The molecule has 0 bridgehead atoms. The van der Waals surface area contributed by atoms with Crippen LogP contribution in [0.2, 0.25) is 0 Å². The Labute approximate surface area is 65.1 Å². The van der Waals surface area contributed by atoms with E-state index in [0.29, 0.717) is 0 Å². The van der Waals surface area contributed by atoms with Gasteiger partial charge in [0.25, 0.3) is 0 Å². The summed E-state index contributed by atoms with van der Waals surface area (Å²) in [7, 11) is -1.40. The summed E-state index contributed by atoms with van der Waals surface area (Å²) < 4.78 is 11.3. The Morgan fingerprint density at radius 1 is 1.00 bits per heavy atom. The molecule has 0 aromatic carbocycles. The minimum atomic E-state index is -1.40. The second kappa shape index (κ2) is 5.24. The van der Waals surface area contributed by atoms with E-state index in [1.54, 1.807) is 0 Å². The first-order chi connectivity index (χ1) is 3.68. The first kappa shape index (κ1) is 12.1. The lowest BCUT2D eigenvalue weighted by Gasteiger charge is -2.02. The topological polar surface area (TPSA) is 17.1 Å². The quantitative estimate of drug-likeness (QED) is 0.474. The zero-order chi connectivity index (χ0) is 6.62. The zero-order valence-corrected chi connectivity index (χ0v) is 7.89. The molecule has 0 fully saturated rings. The van der Waals surface area contributed by atoms with Gasteiger partial charge >= 0.3 is 0 Å². The van der Waals surface area contributed by atoms with Crippen molar-refractivity contribution >= 4 is 9.93 Å². The van der Waals surface area contributed by atoms with E-state index in [2.05, 4.69) is 0 Å². The number of rotatable bonds is 3. The second-order valence-corrected chi connectivity index (χ2v) is 5.50. The minimum Gasteiger partial charge on any atom is -1.00 e. The lowest BCUT2D eigenvalue weighted by Crippen LogP contribution is -3.00. The maximum atomic E-state index is 11.3. The van der Waals surface area contributed by atoms with E-state index >= 15 is 0 Å². The van der Waals surface area contributed by atoms with Crippen LogP contribution in [-0.2, 0) is 14.1 Å². The Hall–Kier alpha value is 0.440. The molecule has 0 amide bonds. The van der Waals surface area contributed by atoms with Gasteiger partial charge in [-0.15, -0.1) is 4.21 Å². The van der Waals surface area contributed by atoms with E-state index in [1.807, 2.05) is 20.8 Å². The average molecular weight is 171 g/mol. The molecule has 0 saturated heterocycles. The van der Waals surface area contributed by atoms with Crippen molar-refractivity contribution in [3.63, 3.8) is 0 Å². The molecular formula is C6H15ClOS. The van der Waals surface area contributed by atoms with Gasteiger partial charge in [-0.1, -0.05) is 0 Å². The second-order valence-electron chi connectivity index (χ2n) is 1.83. The van der Waals surface area contributed by atoms with E-state index in [1.165, 1.54) is 0 Å². The van der Waals surface area contributed by atoms with Crippen molar-refractivity contribution in [3.05, 3.63) is 0 Å². The Bertz CT molecular complexity index is 84.2. The van der Waals surface area contributed by atoms with Crippen LogP contribution in [0.3, 0.4) is 0 Å². The molecule has 0 aliphatic carbocycles. The molecule has 1 nitrogen and oxygen atoms in total.